The zero-order chi connectivity index (χ0) is 11.6. The second-order valence-corrected chi connectivity index (χ2v) is 2.82. The van der Waals surface area contributed by atoms with Crippen LogP contribution in [0.1, 0.15) is 0 Å². The van der Waals surface area contributed by atoms with Crippen molar-refractivity contribution in [3.63, 3.8) is 0 Å². The molecule has 0 aromatic carbocycles. The summed E-state index contributed by atoms with van der Waals surface area (Å²) in [4.78, 5) is 9.84. The number of esters is 1. The smallest absolute Gasteiger partial charge is 0.397 e. The Labute approximate surface area is 82.8 Å². The fraction of sp³-hybridized carbons (Fsp3) is 0.286. The van der Waals surface area contributed by atoms with E-state index in [1.54, 1.807) is 0 Å². The lowest BCUT2D eigenvalue weighted by molar-refractivity contribution is -0.134. The van der Waals surface area contributed by atoms with Crippen LogP contribution in [0.25, 0.3) is 0 Å². The summed E-state index contributed by atoms with van der Waals surface area (Å²) in [5, 5.41) is 0. The van der Waals surface area contributed by atoms with E-state index in [0.29, 0.717) is 0 Å². The average Bonchev–Trinajstić information content (AvgIpc) is 2.13. The van der Waals surface area contributed by atoms with Crippen molar-refractivity contribution in [3.8, 4) is 0 Å². The standard InChI is InChI=1S/C4H6O2.C3H6O4S/c1-3-4(5)6-2;1-2-3-7-8(4,5)6/h3H,1H2,2H3;2H,1,3H2,(H,4,5,6). The first-order valence-corrected chi connectivity index (χ1v) is 4.67. The normalized spacial score (nSPS) is 9.29. The van der Waals surface area contributed by atoms with Crippen molar-refractivity contribution in [3.05, 3.63) is 25.3 Å². The van der Waals surface area contributed by atoms with Crippen molar-refractivity contribution in [2.24, 2.45) is 0 Å². The van der Waals surface area contributed by atoms with Gasteiger partial charge in [0.1, 0.15) is 0 Å². The van der Waals surface area contributed by atoms with Gasteiger partial charge in [0, 0.05) is 6.08 Å². The molecular formula is C7H12O6S. The summed E-state index contributed by atoms with van der Waals surface area (Å²) in [7, 11) is -2.95. The molecular weight excluding hydrogens is 212 g/mol. The second-order valence-electron chi connectivity index (χ2n) is 1.73. The topological polar surface area (TPSA) is 89.9 Å². The van der Waals surface area contributed by atoms with Crippen LogP contribution in [0.15, 0.2) is 25.3 Å². The predicted molar refractivity (Wildman–Crippen MR) is 49.9 cm³/mol. The molecule has 0 unspecified atom stereocenters. The zero-order valence-electron chi connectivity index (χ0n) is 7.67. The maximum atomic E-state index is 9.84. The number of ether oxygens (including phenoxy) is 1. The summed E-state index contributed by atoms with van der Waals surface area (Å²) in [6.45, 7) is 6.12. The van der Waals surface area contributed by atoms with Crippen molar-refractivity contribution in [2.75, 3.05) is 13.7 Å². The summed E-state index contributed by atoms with van der Waals surface area (Å²) in [6, 6.07) is 0. The molecule has 0 saturated heterocycles. The highest BCUT2D eigenvalue weighted by atomic mass is 32.3. The van der Waals surface area contributed by atoms with Crippen LogP contribution in [0.2, 0.25) is 0 Å². The first-order chi connectivity index (χ1) is 6.37. The van der Waals surface area contributed by atoms with Crippen molar-refractivity contribution in [1.82, 2.24) is 0 Å². The highest BCUT2D eigenvalue weighted by Crippen LogP contribution is 1.83. The molecule has 0 aliphatic rings. The molecule has 0 aromatic rings. The van der Waals surface area contributed by atoms with Crippen molar-refractivity contribution < 1.29 is 26.7 Å². The van der Waals surface area contributed by atoms with Gasteiger partial charge in [0.2, 0.25) is 0 Å². The molecule has 0 heterocycles. The molecule has 0 radical (unpaired) electrons. The Morgan fingerprint density at radius 2 is 2.00 bits per heavy atom. The largest absolute Gasteiger partial charge is 0.466 e. The minimum atomic E-state index is -4.26. The third-order valence-corrected chi connectivity index (χ3v) is 1.14. The van der Waals surface area contributed by atoms with Gasteiger partial charge in [-0.15, -0.1) is 6.58 Å². The Morgan fingerprint density at radius 1 is 1.50 bits per heavy atom. The lowest BCUT2D eigenvalue weighted by atomic mass is 10.7. The Morgan fingerprint density at radius 3 is 2.07 bits per heavy atom. The fourth-order valence-corrected chi connectivity index (χ4v) is 0.486. The van der Waals surface area contributed by atoms with E-state index >= 15 is 0 Å². The molecule has 14 heavy (non-hydrogen) atoms. The third kappa shape index (κ3) is 17.1. The molecule has 0 fully saturated rings. The van der Waals surface area contributed by atoms with Gasteiger partial charge in [0.25, 0.3) is 0 Å². The summed E-state index contributed by atoms with van der Waals surface area (Å²) in [5.74, 6) is -0.394. The van der Waals surface area contributed by atoms with Crippen LogP contribution >= 0.6 is 0 Å². The minimum absolute atomic E-state index is 0.196. The molecule has 82 valence electrons. The van der Waals surface area contributed by atoms with Gasteiger partial charge in [-0.3, -0.25) is 4.55 Å². The molecule has 0 bridgehead atoms. The maximum Gasteiger partial charge on any atom is 0.397 e. The van der Waals surface area contributed by atoms with Crippen LogP contribution in [0.3, 0.4) is 0 Å². The Kier molecular flexibility index (Phi) is 9.20. The number of hydrogen-bond donors (Lipinski definition) is 1. The molecule has 0 spiro atoms. The number of methoxy groups -OCH3 is 1. The van der Waals surface area contributed by atoms with E-state index in [0.717, 1.165) is 6.08 Å². The zero-order valence-corrected chi connectivity index (χ0v) is 8.49. The minimum Gasteiger partial charge on any atom is -0.466 e. The molecule has 0 aliphatic heterocycles. The maximum absolute atomic E-state index is 9.84. The summed E-state index contributed by atoms with van der Waals surface area (Å²) in [5.41, 5.74) is 0. The van der Waals surface area contributed by atoms with E-state index in [2.05, 4.69) is 22.1 Å². The SMILES string of the molecule is C=CC(=O)OC.C=CCOS(=O)(=O)O. The molecule has 0 aliphatic carbocycles. The van der Waals surface area contributed by atoms with Gasteiger partial charge in [-0.2, -0.15) is 8.42 Å². The molecule has 1 N–H and O–H groups in total. The monoisotopic (exact) mass is 224 g/mol. The van der Waals surface area contributed by atoms with E-state index in [4.69, 9.17) is 4.55 Å². The van der Waals surface area contributed by atoms with E-state index < -0.39 is 16.4 Å². The van der Waals surface area contributed by atoms with Crippen LogP contribution in [-0.2, 0) is 24.1 Å². The van der Waals surface area contributed by atoms with E-state index in [-0.39, 0.29) is 6.61 Å². The molecule has 0 saturated carbocycles. The summed E-state index contributed by atoms with van der Waals surface area (Å²) < 4.78 is 35.1. The lowest BCUT2D eigenvalue weighted by Crippen LogP contribution is -2.02. The van der Waals surface area contributed by atoms with Crippen LogP contribution in [0.4, 0.5) is 0 Å². The average molecular weight is 224 g/mol. The first kappa shape index (κ1) is 15.3. The first-order valence-electron chi connectivity index (χ1n) is 3.30. The van der Waals surface area contributed by atoms with Gasteiger partial charge < -0.3 is 4.74 Å². The van der Waals surface area contributed by atoms with Gasteiger partial charge in [0.15, 0.2) is 0 Å². The number of rotatable bonds is 4. The molecule has 0 aromatic heterocycles. The van der Waals surface area contributed by atoms with Crippen LogP contribution in [0.5, 0.6) is 0 Å². The molecule has 0 atom stereocenters. The summed E-state index contributed by atoms with van der Waals surface area (Å²) >= 11 is 0. The van der Waals surface area contributed by atoms with Gasteiger partial charge >= 0.3 is 16.4 Å². The second kappa shape index (κ2) is 8.42. The van der Waals surface area contributed by atoms with Crippen molar-refractivity contribution in [2.45, 2.75) is 0 Å². The van der Waals surface area contributed by atoms with Crippen molar-refractivity contribution in [1.29, 1.82) is 0 Å². The fourth-order valence-electron chi connectivity index (χ4n) is 0.217. The van der Waals surface area contributed by atoms with Crippen LogP contribution in [-0.4, -0.2) is 32.7 Å². The van der Waals surface area contributed by atoms with Gasteiger partial charge in [0.05, 0.1) is 13.7 Å². The van der Waals surface area contributed by atoms with Crippen molar-refractivity contribution >= 4 is 16.4 Å². The van der Waals surface area contributed by atoms with E-state index in [1.807, 2.05) is 0 Å². The number of carbonyl (C=O) groups is 1. The van der Waals surface area contributed by atoms with Gasteiger partial charge in [-0.05, 0) is 0 Å². The highest BCUT2D eigenvalue weighted by Gasteiger charge is 1.99. The van der Waals surface area contributed by atoms with Crippen LogP contribution in [0, 0.1) is 0 Å². The lowest BCUT2D eigenvalue weighted by Gasteiger charge is -1.90. The molecule has 6 nitrogen and oxygen atoms in total. The number of hydrogen-bond acceptors (Lipinski definition) is 5. The van der Waals surface area contributed by atoms with E-state index in [1.165, 1.54) is 13.2 Å². The quantitative estimate of drug-likeness (QED) is 0.320. The highest BCUT2D eigenvalue weighted by molar-refractivity contribution is 7.80. The van der Waals surface area contributed by atoms with Gasteiger partial charge in [-0.25, -0.2) is 8.98 Å². The molecule has 7 heteroatoms. The Hall–Kier alpha value is -1.18. The van der Waals surface area contributed by atoms with E-state index in [9.17, 15) is 13.2 Å². The molecule has 0 rings (SSSR count). The predicted octanol–water partition coefficient (Wildman–Crippen LogP) is 0.337. The van der Waals surface area contributed by atoms with Gasteiger partial charge in [-0.1, -0.05) is 12.7 Å². The Balaban J connectivity index is 0. The number of carbonyl (C=O) groups excluding carboxylic acids is 1. The molecule has 0 amide bonds. The Bertz CT molecular complexity index is 279. The van der Waals surface area contributed by atoms with Crippen LogP contribution < -0.4 is 0 Å². The third-order valence-electron chi connectivity index (χ3n) is 0.703. The summed E-state index contributed by atoms with van der Waals surface area (Å²) in [6.07, 6.45) is 2.33.